The van der Waals surface area contributed by atoms with Crippen LogP contribution >= 0.6 is 24.0 Å². The number of piperidine rings is 1. The van der Waals surface area contributed by atoms with E-state index in [9.17, 15) is 0 Å². The molecule has 2 aromatic rings. The number of rotatable bonds is 7. The molecule has 1 saturated heterocycles. The van der Waals surface area contributed by atoms with Crippen molar-refractivity contribution >= 4 is 35.6 Å². The summed E-state index contributed by atoms with van der Waals surface area (Å²) in [7, 11) is 1.97. The molecule has 1 unspecified atom stereocenters. The lowest BCUT2D eigenvalue weighted by atomic mass is 10.1. The van der Waals surface area contributed by atoms with E-state index in [0.29, 0.717) is 6.04 Å². The molecule has 32 heavy (non-hydrogen) atoms. The van der Waals surface area contributed by atoms with E-state index in [4.69, 9.17) is 4.99 Å². The Labute approximate surface area is 208 Å². The summed E-state index contributed by atoms with van der Waals surface area (Å²) in [5.74, 6) is 3.21. The number of guanidine groups is 1. The van der Waals surface area contributed by atoms with Gasteiger partial charge in [0.2, 0.25) is 0 Å². The zero-order valence-corrected chi connectivity index (χ0v) is 21.8. The Morgan fingerprint density at radius 3 is 2.91 bits per heavy atom. The SMILES string of the molecule is CCNC(=NCCCc1nnc2n1CCCCC2)NC1CCCN(c2cnn(C)c2)C1.I. The van der Waals surface area contributed by atoms with E-state index in [0.717, 1.165) is 70.2 Å². The summed E-state index contributed by atoms with van der Waals surface area (Å²) in [6.07, 6.45) is 13.1. The van der Waals surface area contributed by atoms with Crippen LogP contribution in [0, 0.1) is 0 Å². The lowest BCUT2D eigenvalue weighted by molar-refractivity contribution is 0.468. The lowest BCUT2D eigenvalue weighted by Gasteiger charge is -2.34. The maximum atomic E-state index is 4.84. The van der Waals surface area contributed by atoms with E-state index >= 15 is 0 Å². The molecule has 0 bridgehead atoms. The minimum absolute atomic E-state index is 0. The highest BCUT2D eigenvalue weighted by Gasteiger charge is 2.22. The van der Waals surface area contributed by atoms with Crippen LogP contribution in [0.1, 0.15) is 57.1 Å². The zero-order chi connectivity index (χ0) is 21.5. The van der Waals surface area contributed by atoms with Crippen LogP contribution < -0.4 is 15.5 Å². The zero-order valence-electron chi connectivity index (χ0n) is 19.5. The minimum atomic E-state index is 0. The van der Waals surface area contributed by atoms with Gasteiger partial charge >= 0.3 is 0 Å². The molecule has 0 amide bonds. The summed E-state index contributed by atoms with van der Waals surface area (Å²) < 4.78 is 4.21. The fourth-order valence-electron chi connectivity index (χ4n) is 4.57. The molecule has 0 aliphatic carbocycles. The summed E-state index contributed by atoms with van der Waals surface area (Å²) in [6, 6.07) is 0.388. The second-order valence-electron chi connectivity index (χ2n) is 8.66. The van der Waals surface area contributed by atoms with Crippen LogP contribution in [0.5, 0.6) is 0 Å². The van der Waals surface area contributed by atoms with Gasteiger partial charge in [-0.05, 0) is 39.0 Å². The first-order valence-electron chi connectivity index (χ1n) is 11.9. The number of aromatic nitrogens is 5. The van der Waals surface area contributed by atoms with Crippen molar-refractivity contribution in [1.29, 1.82) is 0 Å². The van der Waals surface area contributed by atoms with Gasteiger partial charge in [0.15, 0.2) is 5.96 Å². The highest BCUT2D eigenvalue weighted by molar-refractivity contribution is 14.0. The third kappa shape index (κ3) is 6.58. The largest absolute Gasteiger partial charge is 0.367 e. The highest BCUT2D eigenvalue weighted by atomic mass is 127. The smallest absolute Gasteiger partial charge is 0.191 e. The molecule has 10 heteroatoms. The van der Waals surface area contributed by atoms with Crippen molar-refractivity contribution in [3.63, 3.8) is 0 Å². The molecule has 0 saturated carbocycles. The first-order valence-corrected chi connectivity index (χ1v) is 11.9. The molecule has 2 N–H and O–H groups in total. The third-order valence-corrected chi connectivity index (χ3v) is 6.18. The predicted molar refractivity (Wildman–Crippen MR) is 139 cm³/mol. The molecular weight excluding hydrogens is 517 g/mol. The van der Waals surface area contributed by atoms with Gasteiger partial charge in [-0.25, -0.2) is 0 Å². The number of nitrogens with zero attached hydrogens (tertiary/aromatic N) is 7. The second-order valence-corrected chi connectivity index (χ2v) is 8.66. The summed E-state index contributed by atoms with van der Waals surface area (Å²) in [5.41, 5.74) is 1.20. The Balaban J connectivity index is 0.00000289. The van der Waals surface area contributed by atoms with Crippen LogP contribution in [0.4, 0.5) is 5.69 Å². The average Bonchev–Trinajstić information content (AvgIpc) is 3.30. The van der Waals surface area contributed by atoms with Gasteiger partial charge in [-0.15, -0.1) is 34.2 Å². The number of hydrogen-bond donors (Lipinski definition) is 2. The van der Waals surface area contributed by atoms with Crippen molar-refractivity contribution in [1.82, 2.24) is 35.2 Å². The van der Waals surface area contributed by atoms with Gasteiger partial charge < -0.3 is 20.1 Å². The molecule has 1 fully saturated rings. The molecule has 1 atom stereocenters. The maximum absolute atomic E-state index is 4.84. The molecule has 2 aliphatic heterocycles. The van der Waals surface area contributed by atoms with E-state index in [-0.39, 0.29) is 24.0 Å². The Kier molecular flexibility index (Phi) is 9.61. The average molecular weight is 556 g/mol. The number of aliphatic imine (C=N–C) groups is 1. The second kappa shape index (κ2) is 12.4. The number of nitrogens with one attached hydrogen (secondary N) is 2. The molecule has 2 aromatic heterocycles. The van der Waals surface area contributed by atoms with Crippen molar-refractivity contribution in [3.8, 4) is 0 Å². The lowest BCUT2D eigenvalue weighted by Crippen LogP contribution is -2.51. The van der Waals surface area contributed by atoms with E-state index in [2.05, 4.69) is 48.5 Å². The van der Waals surface area contributed by atoms with Crippen LogP contribution in [0.3, 0.4) is 0 Å². The van der Waals surface area contributed by atoms with Crippen LogP contribution in [0.15, 0.2) is 17.4 Å². The van der Waals surface area contributed by atoms with Gasteiger partial charge in [0.1, 0.15) is 11.6 Å². The van der Waals surface area contributed by atoms with E-state index in [1.54, 1.807) is 0 Å². The molecular formula is C22H38IN9. The van der Waals surface area contributed by atoms with Crippen LogP contribution in [-0.2, 0) is 26.4 Å². The molecule has 4 rings (SSSR count). The van der Waals surface area contributed by atoms with Gasteiger partial charge in [0.25, 0.3) is 0 Å². The summed E-state index contributed by atoms with van der Waals surface area (Å²) in [4.78, 5) is 7.25. The van der Waals surface area contributed by atoms with Crippen molar-refractivity contribution < 1.29 is 0 Å². The Bertz CT molecular complexity index is 859. The molecule has 178 valence electrons. The van der Waals surface area contributed by atoms with Gasteiger partial charge in [0.05, 0.1) is 11.9 Å². The van der Waals surface area contributed by atoms with Crippen molar-refractivity contribution in [2.75, 3.05) is 31.1 Å². The maximum Gasteiger partial charge on any atom is 0.191 e. The molecule has 0 radical (unpaired) electrons. The van der Waals surface area contributed by atoms with E-state index in [1.807, 2.05) is 17.9 Å². The van der Waals surface area contributed by atoms with Crippen LogP contribution in [-0.4, -0.2) is 62.7 Å². The van der Waals surface area contributed by atoms with Crippen LogP contribution in [0.25, 0.3) is 0 Å². The first kappa shape index (κ1) is 24.8. The first-order chi connectivity index (χ1) is 15.2. The van der Waals surface area contributed by atoms with Crippen molar-refractivity contribution in [3.05, 3.63) is 24.0 Å². The minimum Gasteiger partial charge on any atom is -0.367 e. The molecule has 0 aromatic carbocycles. The fraction of sp³-hybridized carbons (Fsp3) is 0.727. The predicted octanol–water partition coefficient (Wildman–Crippen LogP) is 2.51. The highest BCUT2D eigenvalue weighted by Crippen LogP contribution is 2.19. The van der Waals surface area contributed by atoms with Crippen molar-refractivity contribution in [2.45, 2.75) is 70.9 Å². The van der Waals surface area contributed by atoms with Gasteiger partial charge in [-0.1, -0.05) is 6.42 Å². The van der Waals surface area contributed by atoms with Crippen LogP contribution in [0.2, 0.25) is 0 Å². The summed E-state index contributed by atoms with van der Waals surface area (Å²) in [5, 5.41) is 20.2. The Morgan fingerprint density at radius 2 is 2.09 bits per heavy atom. The monoisotopic (exact) mass is 555 g/mol. The van der Waals surface area contributed by atoms with Gasteiger partial charge in [-0.2, -0.15) is 5.10 Å². The summed E-state index contributed by atoms with van der Waals surface area (Å²) in [6.45, 7) is 6.90. The molecule has 0 spiro atoms. The summed E-state index contributed by atoms with van der Waals surface area (Å²) >= 11 is 0. The van der Waals surface area contributed by atoms with E-state index in [1.165, 1.54) is 37.2 Å². The molecule has 2 aliphatic rings. The topological polar surface area (TPSA) is 88.2 Å². The number of halogens is 1. The number of anilines is 1. The third-order valence-electron chi connectivity index (χ3n) is 6.18. The van der Waals surface area contributed by atoms with E-state index < -0.39 is 0 Å². The standard InChI is InChI=1S/C22H37N9.HI/c1-3-23-22(26-18-9-8-13-30(16-18)19-15-25-29(2)17-19)24-12-7-11-21-28-27-20-10-5-4-6-14-31(20)21;/h15,17-18H,3-14,16H2,1-2H3,(H2,23,24,26);1H. The van der Waals surface area contributed by atoms with Crippen molar-refractivity contribution in [2.24, 2.45) is 12.0 Å². The molecule has 9 nitrogen and oxygen atoms in total. The Hall–Kier alpha value is -1.85. The number of fused-ring (bicyclic) bond motifs is 1. The van der Waals surface area contributed by atoms with Gasteiger partial charge in [0, 0.05) is 64.9 Å². The number of hydrogen-bond acceptors (Lipinski definition) is 5. The Morgan fingerprint density at radius 1 is 1.19 bits per heavy atom. The van der Waals surface area contributed by atoms with Gasteiger partial charge in [-0.3, -0.25) is 9.67 Å². The molecule has 4 heterocycles. The number of aryl methyl sites for hydroxylation is 3. The normalized spacial score (nSPS) is 19.1. The quantitative estimate of drug-likeness (QED) is 0.236. The fourth-order valence-corrected chi connectivity index (χ4v) is 4.57.